The van der Waals surface area contributed by atoms with Gasteiger partial charge in [-0.1, -0.05) is 0 Å². The van der Waals surface area contributed by atoms with Gasteiger partial charge in [-0.05, 0) is 63.4 Å². The molecule has 1 saturated heterocycles. The number of aromatic nitrogens is 3. The highest BCUT2D eigenvalue weighted by molar-refractivity contribution is 7.18. The standard InChI is InChI=1S/C20H22N4OS/c1-13-4-3-9-23(13)16-10-14(11-16)20-22-17-7-6-15(12-18(17)26-20)24-19(25)5-2-8-21-24/h2,5-8,12-14,16H,3-4,9-11H2,1H3/t13-,14-,16-/m0/s1. The van der Waals surface area contributed by atoms with Crippen molar-refractivity contribution in [3.8, 4) is 5.69 Å². The lowest BCUT2D eigenvalue weighted by molar-refractivity contribution is 0.103. The zero-order valence-corrected chi connectivity index (χ0v) is 15.7. The minimum atomic E-state index is -0.113. The summed E-state index contributed by atoms with van der Waals surface area (Å²) in [5.74, 6) is 0.589. The van der Waals surface area contributed by atoms with Crippen LogP contribution in [0.2, 0.25) is 0 Å². The summed E-state index contributed by atoms with van der Waals surface area (Å²) in [6, 6.07) is 10.6. The van der Waals surface area contributed by atoms with Crippen LogP contribution in [0.5, 0.6) is 0 Å². The van der Waals surface area contributed by atoms with Gasteiger partial charge in [-0.3, -0.25) is 9.69 Å². The van der Waals surface area contributed by atoms with E-state index in [1.54, 1.807) is 23.6 Å². The number of thiazole rings is 1. The minimum absolute atomic E-state index is 0.113. The Morgan fingerprint density at radius 1 is 1.23 bits per heavy atom. The summed E-state index contributed by atoms with van der Waals surface area (Å²) >= 11 is 1.77. The van der Waals surface area contributed by atoms with Gasteiger partial charge < -0.3 is 0 Å². The van der Waals surface area contributed by atoms with Gasteiger partial charge in [0.05, 0.1) is 20.9 Å². The molecular weight excluding hydrogens is 344 g/mol. The number of likely N-dealkylation sites (tertiary alicyclic amines) is 1. The Labute approximate surface area is 156 Å². The van der Waals surface area contributed by atoms with Gasteiger partial charge in [0.2, 0.25) is 0 Å². The molecule has 5 nitrogen and oxygen atoms in total. The second kappa shape index (κ2) is 6.28. The Balaban J connectivity index is 1.38. The first-order chi connectivity index (χ1) is 12.7. The van der Waals surface area contributed by atoms with Crippen molar-refractivity contribution >= 4 is 21.6 Å². The predicted molar refractivity (Wildman–Crippen MR) is 104 cm³/mol. The fourth-order valence-electron chi connectivity index (χ4n) is 4.35. The van der Waals surface area contributed by atoms with E-state index >= 15 is 0 Å². The van der Waals surface area contributed by atoms with E-state index < -0.39 is 0 Å². The molecule has 2 fully saturated rings. The normalized spacial score (nSPS) is 26.3. The Morgan fingerprint density at radius 3 is 2.88 bits per heavy atom. The summed E-state index contributed by atoms with van der Waals surface area (Å²) in [7, 11) is 0. The molecule has 134 valence electrons. The van der Waals surface area contributed by atoms with E-state index in [0.717, 1.165) is 28.0 Å². The van der Waals surface area contributed by atoms with Gasteiger partial charge in [0, 0.05) is 30.3 Å². The third-order valence-electron chi connectivity index (χ3n) is 5.88. The fraction of sp³-hybridized carbons (Fsp3) is 0.450. The van der Waals surface area contributed by atoms with Crippen LogP contribution in [0.1, 0.15) is 43.5 Å². The van der Waals surface area contributed by atoms with Crippen LogP contribution in [-0.4, -0.2) is 38.3 Å². The van der Waals surface area contributed by atoms with E-state index in [2.05, 4.69) is 16.9 Å². The third kappa shape index (κ3) is 2.68. The average molecular weight is 366 g/mol. The summed E-state index contributed by atoms with van der Waals surface area (Å²) < 4.78 is 2.57. The highest BCUT2D eigenvalue weighted by Crippen LogP contribution is 2.44. The zero-order valence-electron chi connectivity index (χ0n) is 14.8. The van der Waals surface area contributed by atoms with Gasteiger partial charge in [0.25, 0.3) is 5.56 Å². The molecule has 1 aromatic carbocycles. The lowest BCUT2D eigenvalue weighted by Crippen LogP contribution is -2.45. The molecule has 0 N–H and O–H groups in total. The van der Waals surface area contributed by atoms with Crippen LogP contribution in [0.25, 0.3) is 15.9 Å². The molecule has 3 aromatic rings. The lowest BCUT2D eigenvalue weighted by atomic mass is 9.79. The molecule has 2 aliphatic rings. The van der Waals surface area contributed by atoms with E-state index in [9.17, 15) is 4.79 Å². The van der Waals surface area contributed by atoms with Gasteiger partial charge >= 0.3 is 0 Å². The summed E-state index contributed by atoms with van der Waals surface area (Å²) in [6.07, 6.45) is 6.79. The van der Waals surface area contributed by atoms with Crippen molar-refractivity contribution in [3.05, 3.63) is 51.9 Å². The summed E-state index contributed by atoms with van der Waals surface area (Å²) in [4.78, 5) is 19.6. The molecule has 2 aromatic heterocycles. The highest BCUT2D eigenvalue weighted by Gasteiger charge is 2.39. The Hall–Kier alpha value is -2.05. The first-order valence-corrected chi connectivity index (χ1v) is 10.2. The van der Waals surface area contributed by atoms with E-state index in [1.807, 2.05) is 18.2 Å². The molecule has 0 spiro atoms. The van der Waals surface area contributed by atoms with Gasteiger partial charge in [0.1, 0.15) is 0 Å². The van der Waals surface area contributed by atoms with E-state index in [4.69, 9.17) is 4.98 Å². The average Bonchev–Trinajstić information content (AvgIpc) is 3.20. The van der Waals surface area contributed by atoms with E-state index in [0.29, 0.717) is 5.92 Å². The van der Waals surface area contributed by atoms with Gasteiger partial charge in [-0.2, -0.15) is 9.78 Å². The van der Waals surface area contributed by atoms with Crippen molar-refractivity contribution in [2.45, 2.75) is 50.6 Å². The van der Waals surface area contributed by atoms with Crippen molar-refractivity contribution in [2.24, 2.45) is 0 Å². The Bertz CT molecular complexity index is 1000. The fourth-order valence-corrected chi connectivity index (χ4v) is 5.47. The number of hydrogen-bond donors (Lipinski definition) is 0. The van der Waals surface area contributed by atoms with Crippen molar-refractivity contribution in [3.63, 3.8) is 0 Å². The first-order valence-electron chi connectivity index (χ1n) is 9.40. The van der Waals surface area contributed by atoms with E-state index in [-0.39, 0.29) is 5.56 Å². The van der Waals surface area contributed by atoms with Crippen molar-refractivity contribution in [2.75, 3.05) is 6.54 Å². The quantitative estimate of drug-likeness (QED) is 0.711. The molecule has 0 bridgehead atoms. The predicted octanol–water partition coefficient (Wildman–Crippen LogP) is 3.57. The summed E-state index contributed by atoms with van der Waals surface area (Å²) in [5, 5.41) is 5.41. The number of fused-ring (bicyclic) bond motifs is 1. The van der Waals surface area contributed by atoms with Crippen molar-refractivity contribution < 1.29 is 0 Å². The Kier molecular flexibility index (Phi) is 3.90. The Morgan fingerprint density at radius 2 is 2.12 bits per heavy atom. The van der Waals surface area contributed by atoms with E-state index in [1.165, 1.54) is 48.0 Å². The lowest BCUT2D eigenvalue weighted by Gasteiger charge is -2.42. The van der Waals surface area contributed by atoms with Gasteiger partial charge in [0.15, 0.2) is 0 Å². The van der Waals surface area contributed by atoms with Crippen LogP contribution in [0.4, 0.5) is 0 Å². The second-order valence-electron chi connectivity index (χ2n) is 7.53. The SMILES string of the molecule is C[C@H]1CCCN1[C@H]1C[C@H](c2nc3ccc(-n4ncccc4=O)cc3s2)C1. The second-order valence-corrected chi connectivity index (χ2v) is 8.59. The van der Waals surface area contributed by atoms with Crippen molar-refractivity contribution in [1.29, 1.82) is 0 Å². The van der Waals surface area contributed by atoms with Crippen LogP contribution in [-0.2, 0) is 0 Å². The molecule has 1 saturated carbocycles. The summed E-state index contributed by atoms with van der Waals surface area (Å²) in [6.45, 7) is 3.62. The number of benzene rings is 1. The largest absolute Gasteiger partial charge is 0.298 e. The van der Waals surface area contributed by atoms with Gasteiger partial charge in [-0.15, -0.1) is 11.3 Å². The smallest absolute Gasteiger partial charge is 0.271 e. The minimum Gasteiger partial charge on any atom is -0.298 e. The molecule has 0 radical (unpaired) electrons. The van der Waals surface area contributed by atoms with Crippen LogP contribution >= 0.6 is 11.3 Å². The molecule has 6 heteroatoms. The molecule has 0 unspecified atom stereocenters. The maximum Gasteiger partial charge on any atom is 0.271 e. The first kappa shape index (κ1) is 16.1. The highest BCUT2D eigenvalue weighted by atomic mass is 32.1. The maximum atomic E-state index is 12.0. The monoisotopic (exact) mass is 366 g/mol. The van der Waals surface area contributed by atoms with Crippen molar-refractivity contribution in [1.82, 2.24) is 19.7 Å². The molecule has 5 rings (SSSR count). The molecule has 0 amide bonds. The number of rotatable bonds is 3. The van der Waals surface area contributed by atoms with Crippen LogP contribution in [0, 0.1) is 0 Å². The van der Waals surface area contributed by atoms with Crippen LogP contribution in [0.15, 0.2) is 41.3 Å². The number of hydrogen-bond acceptors (Lipinski definition) is 5. The van der Waals surface area contributed by atoms with Gasteiger partial charge in [-0.25, -0.2) is 4.98 Å². The molecule has 1 aliphatic heterocycles. The topological polar surface area (TPSA) is 51.0 Å². The number of nitrogens with zero attached hydrogens (tertiary/aromatic N) is 4. The molecule has 1 aliphatic carbocycles. The maximum absolute atomic E-state index is 12.0. The van der Waals surface area contributed by atoms with Crippen LogP contribution < -0.4 is 5.56 Å². The molecule has 1 atom stereocenters. The third-order valence-corrected chi connectivity index (χ3v) is 7.07. The zero-order chi connectivity index (χ0) is 17.7. The molecular formula is C20H22N4OS. The molecule has 3 heterocycles. The van der Waals surface area contributed by atoms with Crippen LogP contribution in [0.3, 0.4) is 0 Å². The molecule has 26 heavy (non-hydrogen) atoms. The summed E-state index contributed by atoms with van der Waals surface area (Å²) in [5.41, 5.74) is 1.71.